The molecule has 0 saturated carbocycles. The Kier molecular flexibility index (Phi) is 7.03. The third-order valence-corrected chi connectivity index (χ3v) is 7.44. The molecule has 0 atom stereocenters. The lowest BCUT2D eigenvalue weighted by molar-refractivity contribution is -0.114. The molecule has 8 nitrogen and oxygen atoms in total. The lowest BCUT2D eigenvalue weighted by Gasteiger charge is -2.26. The number of ether oxygens (including phenoxy) is 1. The Bertz CT molecular complexity index is 1150. The number of fused-ring (bicyclic) bond motifs is 3. The molecule has 4 heterocycles. The smallest absolute Gasteiger partial charge is 0.223 e. The Morgan fingerprint density at radius 2 is 2.06 bits per heavy atom. The van der Waals surface area contributed by atoms with E-state index in [1.807, 2.05) is 6.20 Å². The lowest BCUT2D eigenvalue weighted by Crippen LogP contribution is -2.38. The number of rotatable bonds is 7. The van der Waals surface area contributed by atoms with E-state index in [4.69, 9.17) is 19.8 Å². The molecule has 1 saturated heterocycles. The fourth-order valence-corrected chi connectivity index (χ4v) is 5.89. The van der Waals surface area contributed by atoms with Gasteiger partial charge in [0.1, 0.15) is 0 Å². The zero-order chi connectivity index (χ0) is 23.5. The second kappa shape index (κ2) is 10.3. The maximum atomic E-state index is 11.7. The van der Waals surface area contributed by atoms with Crippen LogP contribution in [0.2, 0.25) is 0 Å². The summed E-state index contributed by atoms with van der Waals surface area (Å²) in [6.07, 6.45) is 6.91. The molecule has 0 bridgehead atoms. The Morgan fingerprint density at radius 3 is 2.79 bits per heavy atom. The number of nitrogens with one attached hydrogen (secondary N) is 1. The predicted octanol–water partition coefficient (Wildman–Crippen LogP) is 3.80. The van der Waals surface area contributed by atoms with Crippen molar-refractivity contribution in [3.05, 3.63) is 35.3 Å². The number of aryl methyl sites for hydroxylation is 2. The number of amides is 1. The van der Waals surface area contributed by atoms with Gasteiger partial charge in [-0.15, -0.1) is 0 Å². The zero-order valence-electron chi connectivity index (χ0n) is 20.0. The first-order chi connectivity index (χ1) is 16.6. The van der Waals surface area contributed by atoms with Gasteiger partial charge in [-0.05, 0) is 37.8 Å². The number of nitrogens with zero attached hydrogens (tertiary/aromatic N) is 5. The fourth-order valence-electron chi connectivity index (χ4n) is 4.76. The van der Waals surface area contributed by atoms with Crippen LogP contribution in [0.1, 0.15) is 43.6 Å². The van der Waals surface area contributed by atoms with E-state index in [1.54, 1.807) is 11.3 Å². The number of carbonyl (C=O) groups excluding carboxylic acids is 1. The maximum absolute atomic E-state index is 11.7. The zero-order valence-corrected chi connectivity index (χ0v) is 20.8. The summed E-state index contributed by atoms with van der Waals surface area (Å²) in [7, 11) is 0. The number of pyridine rings is 1. The number of morpholine rings is 1. The van der Waals surface area contributed by atoms with Gasteiger partial charge in [-0.3, -0.25) is 19.4 Å². The van der Waals surface area contributed by atoms with Crippen LogP contribution in [-0.2, 0) is 35.3 Å². The highest BCUT2D eigenvalue weighted by Gasteiger charge is 2.28. The molecule has 0 radical (unpaired) electrons. The van der Waals surface area contributed by atoms with Crippen molar-refractivity contribution in [2.45, 2.75) is 52.5 Å². The van der Waals surface area contributed by atoms with E-state index >= 15 is 0 Å². The van der Waals surface area contributed by atoms with Gasteiger partial charge in [0, 0.05) is 49.6 Å². The van der Waals surface area contributed by atoms with E-state index in [0.29, 0.717) is 5.13 Å². The largest absolute Gasteiger partial charge is 0.379 e. The molecular formula is C25H32N6O2S. The summed E-state index contributed by atoms with van der Waals surface area (Å²) in [6.45, 7) is 8.92. The van der Waals surface area contributed by atoms with Crippen LogP contribution in [0, 0.1) is 0 Å². The van der Waals surface area contributed by atoms with Crippen molar-refractivity contribution in [2.24, 2.45) is 0 Å². The first-order valence-corrected chi connectivity index (χ1v) is 13.1. The van der Waals surface area contributed by atoms with Gasteiger partial charge < -0.3 is 10.1 Å². The normalized spacial score (nSPS) is 16.1. The van der Waals surface area contributed by atoms with Gasteiger partial charge in [0.15, 0.2) is 5.13 Å². The first-order valence-electron chi connectivity index (χ1n) is 12.2. The van der Waals surface area contributed by atoms with E-state index in [1.165, 1.54) is 12.5 Å². The fraction of sp³-hybridized carbons (Fsp3) is 0.520. The summed E-state index contributed by atoms with van der Waals surface area (Å²) in [5.74, 6) is -0.0936. The number of hydrogen-bond acceptors (Lipinski definition) is 7. The molecule has 34 heavy (non-hydrogen) atoms. The molecule has 1 aliphatic heterocycles. The van der Waals surface area contributed by atoms with Gasteiger partial charge in [-0.1, -0.05) is 24.7 Å². The molecule has 1 fully saturated rings. The summed E-state index contributed by atoms with van der Waals surface area (Å²) in [5, 5.41) is 8.69. The molecule has 2 aliphatic rings. The van der Waals surface area contributed by atoms with Gasteiger partial charge >= 0.3 is 0 Å². The summed E-state index contributed by atoms with van der Waals surface area (Å²) < 4.78 is 7.68. The summed E-state index contributed by atoms with van der Waals surface area (Å²) >= 11 is 1.56. The Balaban J connectivity index is 1.55. The van der Waals surface area contributed by atoms with E-state index in [-0.39, 0.29) is 5.91 Å². The van der Waals surface area contributed by atoms with Crippen LogP contribution in [0.4, 0.5) is 5.13 Å². The molecular weight excluding hydrogens is 448 g/mol. The van der Waals surface area contributed by atoms with Gasteiger partial charge in [-0.25, -0.2) is 4.98 Å². The van der Waals surface area contributed by atoms with Gasteiger partial charge in [-0.2, -0.15) is 5.10 Å². The average molecular weight is 481 g/mol. The van der Waals surface area contributed by atoms with E-state index in [9.17, 15) is 4.79 Å². The van der Waals surface area contributed by atoms with Crippen LogP contribution < -0.4 is 5.32 Å². The van der Waals surface area contributed by atoms with Crippen molar-refractivity contribution in [2.75, 3.05) is 38.2 Å². The van der Waals surface area contributed by atoms with Crippen LogP contribution in [0.25, 0.3) is 21.8 Å². The second-order valence-corrected chi connectivity index (χ2v) is 9.97. The molecule has 3 aromatic rings. The summed E-state index contributed by atoms with van der Waals surface area (Å²) in [5.41, 5.74) is 6.69. The molecule has 0 spiro atoms. The van der Waals surface area contributed by atoms with Crippen molar-refractivity contribution >= 4 is 22.4 Å². The Labute approximate surface area is 204 Å². The summed E-state index contributed by atoms with van der Waals surface area (Å²) in [6, 6.07) is 4.29. The molecule has 9 heteroatoms. The molecule has 1 aliphatic carbocycles. The van der Waals surface area contributed by atoms with Crippen LogP contribution in [0.15, 0.2) is 18.3 Å². The number of aromatic nitrogens is 4. The van der Waals surface area contributed by atoms with E-state index < -0.39 is 0 Å². The van der Waals surface area contributed by atoms with Crippen molar-refractivity contribution in [3.63, 3.8) is 0 Å². The quantitative estimate of drug-likeness (QED) is 0.554. The van der Waals surface area contributed by atoms with E-state index in [2.05, 4.69) is 34.0 Å². The number of carbonyl (C=O) groups is 1. The molecule has 180 valence electrons. The van der Waals surface area contributed by atoms with Crippen LogP contribution in [-0.4, -0.2) is 63.4 Å². The van der Waals surface area contributed by atoms with Gasteiger partial charge in [0.25, 0.3) is 0 Å². The number of anilines is 1. The lowest BCUT2D eigenvalue weighted by atomic mass is 10.0. The van der Waals surface area contributed by atoms with Crippen molar-refractivity contribution < 1.29 is 9.53 Å². The van der Waals surface area contributed by atoms with Crippen molar-refractivity contribution in [3.8, 4) is 21.8 Å². The van der Waals surface area contributed by atoms with Crippen LogP contribution in [0.5, 0.6) is 0 Å². The SMILES string of the molecule is CCCc1ccc(-c2nn(CCN3CCOCC3)c3c2CCCc2nc(NC(C)=O)sc2-3)cn1. The molecule has 1 amide bonds. The minimum Gasteiger partial charge on any atom is -0.379 e. The third-order valence-electron chi connectivity index (χ3n) is 6.42. The molecule has 1 N–H and O–H groups in total. The standard InChI is InChI=1S/C25H32N6O2S/c1-3-5-19-9-8-18(16-26-19)22-20-6-4-7-21-24(34-25(28-21)27-17(2)32)23(20)31(29-22)11-10-30-12-14-33-15-13-30/h8-9,16H,3-7,10-15H2,1-2H3,(H,27,28,32). The molecule has 0 unspecified atom stereocenters. The Morgan fingerprint density at radius 1 is 1.21 bits per heavy atom. The first kappa shape index (κ1) is 23.1. The number of thiazole rings is 1. The topological polar surface area (TPSA) is 85.2 Å². The monoisotopic (exact) mass is 480 g/mol. The average Bonchev–Trinajstić information content (AvgIpc) is 3.34. The van der Waals surface area contributed by atoms with Crippen molar-refractivity contribution in [1.29, 1.82) is 0 Å². The minimum absolute atomic E-state index is 0.0936. The molecule has 3 aromatic heterocycles. The highest BCUT2D eigenvalue weighted by atomic mass is 32.1. The summed E-state index contributed by atoms with van der Waals surface area (Å²) in [4.78, 5) is 24.7. The van der Waals surface area contributed by atoms with Crippen LogP contribution >= 0.6 is 11.3 Å². The second-order valence-electron chi connectivity index (χ2n) is 8.97. The molecule has 0 aromatic carbocycles. The predicted molar refractivity (Wildman–Crippen MR) is 134 cm³/mol. The van der Waals surface area contributed by atoms with E-state index in [0.717, 1.165) is 105 Å². The van der Waals surface area contributed by atoms with Crippen molar-refractivity contribution in [1.82, 2.24) is 24.6 Å². The molecule has 5 rings (SSSR count). The number of hydrogen-bond donors (Lipinski definition) is 1. The Hall–Kier alpha value is -2.62. The highest BCUT2D eigenvalue weighted by Crippen LogP contribution is 2.42. The minimum atomic E-state index is -0.0936. The maximum Gasteiger partial charge on any atom is 0.223 e. The van der Waals surface area contributed by atoms with Gasteiger partial charge in [0.05, 0.1) is 41.7 Å². The third kappa shape index (κ3) is 4.92. The van der Waals surface area contributed by atoms with Gasteiger partial charge in [0.2, 0.25) is 5.91 Å². The highest BCUT2D eigenvalue weighted by molar-refractivity contribution is 7.19. The van der Waals surface area contributed by atoms with Crippen LogP contribution in [0.3, 0.4) is 0 Å².